The molecule has 0 spiro atoms. The Kier molecular flexibility index (Phi) is 7.98. The number of sulfonamides is 1. The highest BCUT2D eigenvalue weighted by Crippen LogP contribution is 2.21. The topological polar surface area (TPSA) is 90.0 Å². The van der Waals surface area contributed by atoms with Gasteiger partial charge in [0, 0.05) is 19.2 Å². The van der Waals surface area contributed by atoms with Crippen LogP contribution in [0.1, 0.15) is 52.0 Å². The second-order valence-corrected chi connectivity index (χ2v) is 9.85. The van der Waals surface area contributed by atoms with Crippen LogP contribution in [0, 0.1) is 0 Å². The quantitative estimate of drug-likeness (QED) is 0.516. The molecule has 2 rings (SSSR count). The second-order valence-electron chi connectivity index (χ2n) is 7.91. The summed E-state index contributed by atoms with van der Waals surface area (Å²) in [7, 11) is -3.50. The lowest BCUT2D eigenvalue weighted by Crippen LogP contribution is -2.31. The van der Waals surface area contributed by atoms with E-state index in [-0.39, 0.29) is 4.90 Å². The molecule has 7 nitrogen and oxygen atoms in total. The summed E-state index contributed by atoms with van der Waals surface area (Å²) in [4.78, 5) is 23.5. The molecule has 0 N–H and O–H groups in total. The number of hydrogen-bond donors (Lipinski definition) is 0. The van der Waals surface area contributed by atoms with Gasteiger partial charge in [0.25, 0.3) is 0 Å². The second kappa shape index (κ2) is 10.0. The predicted molar refractivity (Wildman–Crippen MR) is 110 cm³/mol. The SMILES string of the molecule is CC(C)(C)OC(=O)COC(=O)/C=C/c1ccc(S(=O)(=O)N2CCCCCC2)cc1. The number of ether oxygens (including phenoxy) is 2. The minimum Gasteiger partial charge on any atom is -0.457 e. The lowest BCUT2D eigenvalue weighted by Gasteiger charge is -2.19. The average molecular weight is 424 g/mol. The molecule has 0 aliphatic carbocycles. The first-order chi connectivity index (χ1) is 13.6. The van der Waals surface area contributed by atoms with Gasteiger partial charge in [-0.2, -0.15) is 4.31 Å². The van der Waals surface area contributed by atoms with Crippen LogP contribution < -0.4 is 0 Å². The van der Waals surface area contributed by atoms with Gasteiger partial charge in [-0.05, 0) is 57.4 Å². The minimum atomic E-state index is -3.50. The summed E-state index contributed by atoms with van der Waals surface area (Å²) in [6, 6.07) is 6.32. The number of hydrogen-bond acceptors (Lipinski definition) is 6. The van der Waals surface area contributed by atoms with E-state index in [1.54, 1.807) is 37.2 Å². The first-order valence-electron chi connectivity index (χ1n) is 9.75. The van der Waals surface area contributed by atoms with Gasteiger partial charge in [-0.3, -0.25) is 0 Å². The fraction of sp³-hybridized carbons (Fsp3) is 0.524. The summed E-state index contributed by atoms with van der Waals surface area (Å²) in [6.45, 7) is 5.81. The van der Waals surface area contributed by atoms with E-state index in [1.807, 2.05) is 0 Å². The first kappa shape index (κ1) is 23.1. The van der Waals surface area contributed by atoms with Crippen LogP contribution in [0.3, 0.4) is 0 Å². The summed E-state index contributed by atoms with van der Waals surface area (Å²) in [5.74, 6) is -1.31. The molecular weight excluding hydrogens is 394 g/mol. The van der Waals surface area contributed by atoms with Crippen LogP contribution in [-0.2, 0) is 29.1 Å². The molecule has 0 bridgehead atoms. The predicted octanol–water partition coefficient (Wildman–Crippen LogP) is 3.15. The smallest absolute Gasteiger partial charge is 0.344 e. The highest BCUT2D eigenvalue weighted by Gasteiger charge is 2.24. The van der Waals surface area contributed by atoms with Crippen molar-refractivity contribution in [3.8, 4) is 0 Å². The van der Waals surface area contributed by atoms with Gasteiger partial charge in [-0.15, -0.1) is 0 Å². The van der Waals surface area contributed by atoms with E-state index >= 15 is 0 Å². The highest BCUT2D eigenvalue weighted by molar-refractivity contribution is 7.89. The molecule has 160 valence electrons. The van der Waals surface area contributed by atoms with E-state index in [2.05, 4.69) is 0 Å². The Labute approximate surface area is 172 Å². The van der Waals surface area contributed by atoms with E-state index in [0.717, 1.165) is 25.7 Å². The van der Waals surface area contributed by atoms with Crippen molar-refractivity contribution in [3.05, 3.63) is 35.9 Å². The molecule has 1 saturated heterocycles. The lowest BCUT2D eigenvalue weighted by molar-refractivity contribution is -0.164. The zero-order valence-electron chi connectivity index (χ0n) is 17.2. The number of carbonyl (C=O) groups is 2. The summed E-state index contributed by atoms with van der Waals surface area (Å²) in [5, 5.41) is 0. The average Bonchev–Trinajstić information content (AvgIpc) is 2.94. The van der Waals surface area contributed by atoms with Gasteiger partial charge in [0.1, 0.15) is 5.60 Å². The summed E-state index contributed by atoms with van der Waals surface area (Å²) < 4.78 is 36.9. The van der Waals surface area contributed by atoms with Crippen LogP contribution in [0.4, 0.5) is 0 Å². The van der Waals surface area contributed by atoms with Crippen LogP contribution in [0.2, 0.25) is 0 Å². The van der Waals surface area contributed by atoms with Crippen molar-refractivity contribution in [2.45, 2.75) is 57.0 Å². The third-order valence-corrected chi connectivity index (χ3v) is 6.16. The molecule has 1 fully saturated rings. The van der Waals surface area contributed by atoms with Crippen molar-refractivity contribution >= 4 is 28.0 Å². The van der Waals surface area contributed by atoms with Crippen LogP contribution in [0.15, 0.2) is 35.2 Å². The molecule has 0 aromatic heterocycles. The summed E-state index contributed by atoms with van der Waals surface area (Å²) in [6.07, 6.45) is 6.55. The molecule has 0 unspecified atom stereocenters. The van der Waals surface area contributed by atoms with Crippen molar-refractivity contribution in [2.75, 3.05) is 19.7 Å². The molecule has 0 saturated carbocycles. The molecule has 1 heterocycles. The van der Waals surface area contributed by atoms with Crippen molar-refractivity contribution < 1.29 is 27.5 Å². The zero-order valence-corrected chi connectivity index (χ0v) is 18.0. The van der Waals surface area contributed by atoms with E-state index in [9.17, 15) is 18.0 Å². The normalized spacial score (nSPS) is 16.4. The van der Waals surface area contributed by atoms with Gasteiger partial charge in [-0.1, -0.05) is 25.0 Å². The molecule has 1 aliphatic heterocycles. The maximum absolute atomic E-state index is 12.8. The number of rotatable bonds is 6. The van der Waals surface area contributed by atoms with Gasteiger partial charge < -0.3 is 9.47 Å². The zero-order chi connectivity index (χ0) is 21.5. The number of carbonyl (C=O) groups excluding carboxylic acids is 2. The van der Waals surface area contributed by atoms with Crippen LogP contribution in [0.5, 0.6) is 0 Å². The van der Waals surface area contributed by atoms with E-state index in [1.165, 1.54) is 24.3 Å². The van der Waals surface area contributed by atoms with Crippen LogP contribution in [0.25, 0.3) is 6.08 Å². The van der Waals surface area contributed by atoms with Gasteiger partial charge in [0.15, 0.2) is 6.61 Å². The molecule has 0 radical (unpaired) electrons. The Bertz CT molecular complexity index is 829. The lowest BCUT2D eigenvalue weighted by atomic mass is 10.2. The third-order valence-electron chi connectivity index (χ3n) is 4.25. The third kappa shape index (κ3) is 7.62. The Hall–Kier alpha value is -2.19. The Balaban J connectivity index is 1.92. The Morgan fingerprint density at radius 3 is 2.17 bits per heavy atom. The number of benzene rings is 1. The number of nitrogens with zero attached hydrogens (tertiary/aromatic N) is 1. The molecule has 1 aliphatic rings. The Morgan fingerprint density at radius 2 is 1.62 bits per heavy atom. The first-order valence-corrected chi connectivity index (χ1v) is 11.2. The fourth-order valence-electron chi connectivity index (χ4n) is 2.90. The molecule has 8 heteroatoms. The molecule has 29 heavy (non-hydrogen) atoms. The van der Waals surface area contributed by atoms with Crippen molar-refractivity contribution in [1.82, 2.24) is 4.31 Å². The van der Waals surface area contributed by atoms with Crippen molar-refractivity contribution in [2.24, 2.45) is 0 Å². The van der Waals surface area contributed by atoms with E-state index in [0.29, 0.717) is 18.7 Å². The van der Waals surface area contributed by atoms with Crippen LogP contribution >= 0.6 is 0 Å². The van der Waals surface area contributed by atoms with Gasteiger partial charge in [0.05, 0.1) is 4.90 Å². The van der Waals surface area contributed by atoms with Gasteiger partial charge >= 0.3 is 11.9 Å². The Morgan fingerprint density at radius 1 is 1.03 bits per heavy atom. The number of esters is 2. The molecule has 0 atom stereocenters. The fourth-order valence-corrected chi connectivity index (χ4v) is 4.41. The summed E-state index contributed by atoms with van der Waals surface area (Å²) >= 11 is 0. The van der Waals surface area contributed by atoms with Crippen molar-refractivity contribution in [1.29, 1.82) is 0 Å². The largest absolute Gasteiger partial charge is 0.457 e. The standard InChI is InChI=1S/C21H29NO6S/c1-21(2,3)28-20(24)16-27-19(23)13-10-17-8-11-18(12-9-17)29(25,26)22-14-6-4-5-7-15-22/h8-13H,4-7,14-16H2,1-3H3/b13-10+. The monoisotopic (exact) mass is 423 g/mol. The van der Waals surface area contributed by atoms with Gasteiger partial charge in [0.2, 0.25) is 10.0 Å². The van der Waals surface area contributed by atoms with Gasteiger partial charge in [-0.25, -0.2) is 18.0 Å². The minimum absolute atomic E-state index is 0.240. The van der Waals surface area contributed by atoms with Crippen LogP contribution in [-0.4, -0.2) is 50.0 Å². The maximum Gasteiger partial charge on any atom is 0.344 e. The maximum atomic E-state index is 12.8. The van der Waals surface area contributed by atoms with E-state index in [4.69, 9.17) is 9.47 Å². The van der Waals surface area contributed by atoms with E-state index < -0.39 is 34.2 Å². The molecule has 1 aromatic carbocycles. The molecule has 0 amide bonds. The molecular formula is C21H29NO6S. The summed E-state index contributed by atoms with van der Waals surface area (Å²) in [5.41, 5.74) is 0.00314. The highest BCUT2D eigenvalue weighted by atomic mass is 32.2. The molecule has 1 aromatic rings. The van der Waals surface area contributed by atoms with Crippen molar-refractivity contribution in [3.63, 3.8) is 0 Å².